The van der Waals surface area contributed by atoms with Gasteiger partial charge in [-0.25, -0.2) is 0 Å². The minimum absolute atomic E-state index is 0.0129. The van der Waals surface area contributed by atoms with E-state index in [4.69, 9.17) is 10.2 Å². The summed E-state index contributed by atoms with van der Waals surface area (Å²) in [6, 6.07) is 13.1. The van der Waals surface area contributed by atoms with E-state index in [9.17, 15) is 9.59 Å². The summed E-state index contributed by atoms with van der Waals surface area (Å²) in [4.78, 5) is 23.5. The Morgan fingerprint density at radius 1 is 1.04 bits per heavy atom. The SMILES string of the molecule is CC(=O)c1c(C)oc(Nc2ccc(-c3ccccc3)nn2)c1C(N)=O. The van der Waals surface area contributed by atoms with Crippen molar-refractivity contribution in [1.82, 2.24) is 10.2 Å². The number of benzene rings is 1. The van der Waals surface area contributed by atoms with Crippen LogP contribution in [0.3, 0.4) is 0 Å². The minimum atomic E-state index is -0.751. The van der Waals surface area contributed by atoms with Gasteiger partial charge in [-0.1, -0.05) is 30.3 Å². The summed E-state index contributed by atoms with van der Waals surface area (Å²) in [7, 11) is 0. The van der Waals surface area contributed by atoms with Gasteiger partial charge in [-0.3, -0.25) is 9.59 Å². The molecule has 0 atom stereocenters. The molecule has 3 rings (SSSR count). The van der Waals surface area contributed by atoms with Crippen molar-refractivity contribution in [1.29, 1.82) is 0 Å². The molecule has 0 saturated carbocycles. The number of nitrogens with zero attached hydrogens (tertiary/aromatic N) is 2. The van der Waals surface area contributed by atoms with Crippen molar-refractivity contribution < 1.29 is 14.0 Å². The van der Waals surface area contributed by atoms with E-state index in [-0.39, 0.29) is 22.8 Å². The van der Waals surface area contributed by atoms with Crippen LogP contribution in [0.4, 0.5) is 11.7 Å². The van der Waals surface area contributed by atoms with Crippen LogP contribution in [-0.2, 0) is 0 Å². The molecule has 2 aromatic heterocycles. The quantitative estimate of drug-likeness (QED) is 0.693. The fraction of sp³-hybridized carbons (Fsp3) is 0.111. The van der Waals surface area contributed by atoms with Crippen LogP contribution in [-0.4, -0.2) is 21.9 Å². The first-order chi connectivity index (χ1) is 12.0. The van der Waals surface area contributed by atoms with Crippen molar-refractivity contribution >= 4 is 23.4 Å². The number of carbonyl (C=O) groups excluding carboxylic acids is 2. The van der Waals surface area contributed by atoms with Gasteiger partial charge >= 0.3 is 0 Å². The molecule has 7 nitrogen and oxygen atoms in total. The second kappa shape index (κ2) is 6.56. The molecular weight excluding hydrogens is 320 g/mol. The number of ketones is 1. The third-order valence-corrected chi connectivity index (χ3v) is 3.66. The Labute approximate surface area is 143 Å². The van der Waals surface area contributed by atoms with Gasteiger partial charge in [0.05, 0.1) is 11.3 Å². The maximum absolute atomic E-state index is 11.7. The van der Waals surface area contributed by atoms with Gasteiger partial charge < -0.3 is 15.5 Å². The van der Waals surface area contributed by atoms with E-state index in [0.717, 1.165) is 5.56 Å². The highest BCUT2D eigenvalue weighted by Crippen LogP contribution is 2.29. The van der Waals surface area contributed by atoms with Crippen molar-refractivity contribution in [2.75, 3.05) is 5.32 Å². The molecule has 0 saturated heterocycles. The van der Waals surface area contributed by atoms with E-state index in [0.29, 0.717) is 17.3 Å². The maximum Gasteiger partial charge on any atom is 0.255 e. The normalized spacial score (nSPS) is 10.5. The zero-order valence-electron chi connectivity index (χ0n) is 13.7. The Hall–Kier alpha value is -3.48. The van der Waals surface area contributed by atoms with Crippen molar-refractivity contribution in [2.45, 2.75) is 13.8 Å². The first-order valence-electron chi connectivity index (χ1n) is 7.57. The Balaban J connectivity index is 1.92. The van der Waals surface area contributed by atoms with E-state index in [1.54, 1.807) is 19.1 Å². The van der Waals surface area contributed by atoms with E-state index >= 15 is 0 Å². The summed E-state index contributed by atoms with van der Waals surface area (Å²) in [5.41, 5.74) is 7.22. The predicted octanol–water partition coefficient (Wildman–Crippen LogP) is 3.09. The zero-order valence-corrected chi connectivity index (χ0v) is 13.7. The Bertz CT molecular complexity index is 931. The van der Waals surface area contributed by atoms with Crippen molar-refractivity contribution in [3.05, 3.63) is 59.4 Å². The molecule has 25 heavy (non-hydrogen) atoms. The molecule has 1 aromatic carbocycles. The Morgan fingerprint density at radius 3 is 2.32 bits per heavy atom. The number of rotatable bonds is 5. The van der Waals surface area contributed by atoms with Crippen LogP contribution in [0.25, 0.3) is 11.3 Å². The van der Waals surface area contributed by atoms with Crippen molar-refractivity contribution in [2.24, 2.45) is 5.73 Å². The lowest BCUT2D eigenvalue weighted by Crippen LogP contribution is -2.16. The number of aryl methyl sites for hydroxylation is 1. The molecule has 2 heterocycles. The third kappa shape index (κ3) is 3.25. The fourth-order valence-corrected chi connectivity index (χ4v) is 2.57. The summed E-state index contributed by atoms with van der Waals surface area (Å²) >= 11 is 0. The fourth-order valence-electron chi connectivity index (χ4n) is 2.57. The van der Waals surface area contributed by atoms with Gasteiger partial charge in [-0.05, 0) is 26.0 Å². The number of hydrogen-bond donors (Lipinski definition) is 2. The maximum atomic E-state index is 11.7. The van der Waals surface area contributed by atoms with Gasteiger partial charge in [-0.15, -0.1) is 10.2 Å². The molecule has 0 unspecified atom stereocenters. The zero-order chi connectivity index (χ0) is 18.0. The molecule has 0 aliphatic rings. The smallest absolute Gasteiger partial charge is 0.255 e. The Kier molecular flexibility index (Phi) is 4.30. The van der Waals surface area contributed by atoms with Crippen molar-refractivity contribution in [3.63, 3.8) is 0 Å². The van der Waals surface area contributed by atoms with Crippen LogP contribution in [0.1, 0.15) is 33.4 Å². The summed E-state index contributed by atoms with van der Waals surface area (Å²) in [6.45, 7) is 2.95. The molecule has 3 N–H and O–H groups in total. The highest BCUT2D eigenvalue weighted by atomic mass is 16.4. The van der Waals surface area contributed by atoms with Crippen LogP contribution in [0.5, 0.6) is 0 Å². The average molecular weight is 336 g/mol. The molecule has 0 bridgehead atoms. The molecule has 0 radical (unpaired) electrons. The van der Waals surface area contributed by atoms with Crippen LogP contribution >= 0.6 is 0 Å². The summed E-state index contributed by atoms with van der Waals surface area (Å²) in [5.74, 6) is -0.285. The van der Waals surface area contributed by atoms with Crippen LogP contribution in [0.2, 0.25) is 0 Å². The highest BCUT2D eigenvalue weighted by molar-refractivity contribution is 6.10. The Morgan fingerprint density at radius 2 is 1.76 bits per heavy atom. The summed E-state index contributed by atoms with van der Waals surface area (Å²) in [6.07, 6.45) is 0. The minimum Gasteiger partial charge on any atom is -0.444 e. The number of hydrogen-bond acceptors (Lipinski definition) is 6. The second-order valence-corrected chi connectivity index (χ2v) is 5.45. The number of aromatic nitrogens is 2. The third-order valence-electron chi connectivity index (χ3n) is 3.66. The van der Waals surface area contributed by atoms with Gasteiger partial charge in [0.1, 0.15) is 11.3 Å². The summed E-state index contributed by atoms with van der Waals surface area (Å²) in [5, 5.41) is 11.1. The molecule has 0 aliphatic heterocycles. The molecule has 0 fully saturated rings. The number of carbonyl (C=O) groups is 2. The highest BCUT2D eigenvalue weighted by Gasteiger charge is 2.25. The number of furan rings is 1. The number of nitrogens with one attached hydrogen (secondary N) is 1. The predicted molar refractivity (Wildman–Crippen MR) is 92.7 cm³/mol. The molecule has 0 aliphatic carbocycles. The van der Waals surface area contributed by atoms with Gasteiger partial charge in [0.15, 0.2) is 11.6 Å². The monoisotopic (exact) mass is 336 g/mol. The van der Waals surface area contributed by atoms with Gasteiger partial charge in [-0.2, -0.15) is 0 Å². The van der Waals surface area contributed by atoms with E-state index < -0.39 is 5.91 Å². The molecule has 126 valence electrons. The molecule has 1 amide bonds. The largest absolute Gasteiger partial charge is 0.444 e. The number of primary amides is 1. The van der Waals surface area contributed by atoms with E-state index in [1.807, 2.05) is 30.3 Å². The molecule has 3 aromatic rings. The lowest BCUT2D eigenvalue weighted by Gasteiger charge is -2.05. The topological polar surface area (TPSA) is 111 Å². The number of Topliss-reactive ketones (excluding diaryl/α,β-unsaturated/α-hetero) is 1. The number of nitrogens with two attached hydrogens (primary N) is 1. The number of amides is 1. The first-order valence-corrected chi connectivity index (χ1v) is 7.57. The van der Waals surface area contributed by atoms with Gasteiger partial charge in [0.25, 0.3) is 5.91 Å². The van der Waals surface area contributed by atoms with Crippen LogP contribution in [0, 0.1) is 6.92 Å². The van der Waals surface area contributed by atoms with Crippen molar-refractivity contribution in [3.8, 4) is 11.3 Å². The summed E-state index contributed by atoms with van der Waals surface area (Å²) < 4.78 is 5.49. The lowest BCUT2D eigenvalue weighted by molar-refractivity contribution is 0.0974. The van der Waals surface area contributed by atoms with Crippen LogP contribution in [0.15, 0.2) is 46.9 Å². The van der Waals surface area contributed by atoms with Gasteiger partial charge in [0, 0.05) is 5.56 Å². The average Bonchev–Trinajstić information content (AvgIpc) is 2.92. The molecule has 7 heteroatoms. The van der Waals surface area contributed by atoms with E-state index in [1.165, 1.54) is 6.92 Å². The molecular formula is C18H16N4O3. The first kappa shape index (κ1) is 16.4. The number of anilines is 2. The van der Waals surface area contributed by atoms with E-state index in [2.05, 4.69) is 15.5 Å². The standard InChI is InChI=1S/C18H16N4O3/c1-10(23)15-11(2)25-18(16(15)17(19)24)20-14-9-8-13(21-22-14)12-6-4-3-5-7-12/h3-9H,1-2H3,(H2,19,24)(H,20,22). The second-order valence-electron chi connectivity index (χ2n) is 5.45. The lowest BCUT2D eigenvalue weighted by atomic mass is 10.1. The molecule has 0 spiro atoms. The van der Waals surface area contributed by atoms with Gasteiger partial charge in [0.2, 0.25) is 5.88 Å². The van der Waals surface area contributed by atoms with Crippen LogP contribution < -0.4 is 11.1 Å².